The van der Waals surface area contributed by atoms with Crippen molar-refractivity contribution in [2.24, 2.45) is 0 Å². The zero-order valence-electron chi connectivity index (χ0n) is 14.9. The number of ether oxygens (including phenoxy) is 1. The third-order valence-electron chi connectivity index (χ3n) is 3.37. The number of anilines is 1. The Morgan fingerprint density at radius 1 is 1.22 bits per heavy atom. The van der Waals surface area contributed by atoms with E-state index in [-0.39, 0.29) is 6.42 Å². The Hall–Kier alpha value is -1.74. The number of benzene rings is 1. The molecule has 1 heterocycles. The van der Waals surface area contributed by atoms with Crippen molar-refractivity contribution < 1.29 is 18.3 Å². The summed E-state index contributed by atoms with van der Waals surface area (Å²) >= 11 is 6.62. The van der Waals surface area contributed by atoms with Gasteiger partial charge in [-0.15, -0.1) is 0 Å². The first-order valence-electron chi connectivity index (χ1n) is 8.00. The van der Waals surface area contributed by atoms with Crippen molar-refractivity contribution in [2.75, 3.05) is 5.73 Å². The molecule has 9 heteroatoms. The molecule has 0 aliphatic rings. The topological polar surface area (TPSA) is 77.2 Å². The predicted octanol–water partition coefficient (Wildman–Crippen LogP) is 5.28. The van der Waals surface area contributed by atoms with Crippen LogP contribution in [0, 0.1) is 11.6 Å². The van der Waals surface area contributed by atoms with Crippen molar-refractivity contribution in [1.29, 1.82) is 0 Å². The minimum atomic E-state index is -0.715. The maximum absolute atomic E-state index is 13.6. The molecule has 0 saturated heterocycles. The molecule has 0 unspecified atom stereocenters. The van der Waals surface area contributed by atoms with E-state index in [9.17, 15) is 13.6 Å². The van der Waals surface area contributed by atoms with Gasteiger partial charge in [-0.2, -0.15) is 0 Å². The number of hydrogen-bond acceptors (Lipinski definition) is 4. The van der Waals surface area contributed by atoms with E-state index in [1.54, 1.807) is 26.8 Å². The summed E-state index contributed by atoms with van der Waals surface area (Å²) in [5.41, 5.74) is 6.31. The van der Waals surface area contributed by atoms with Crippen molar-refractivity contribution in [1.82, 2.24) is 10.3 Å². The fraction of sp³-hybridized carbons (Fsp3) is 0.333. The van der Waals surface area contributed by atoms with Crippen LogP contribution in [0.3, 0.4) is 0 Å². The molecule has 0 bridgehead atoms. The molecular formula is C18H19Br2F2N3O2. The quantitative estimate of drug-likeness (QED) is 0.553. The highest BCUT2D eigenvalue weighted by atomic mass is 79.9. The van der Waals surface area contributed by atoms with Crippen LogP contribution in [0.25, 0.3) is 0 Å². The molecule has 0 aliphatic carbocycles. The average molecular weight is 507 g/mol. The zero-order valence-corrected chi connectivity index (χ0v) is 18.1. The van der Waals surface area contributed by atoms with E-state index >= 15 is 0 Å². The van der Waals surface area contributed by atoms with E-state index < -0.39 is 29.4 Å². The van der Waals surface area contributed by atoms with E-state index in [1.807, 2.05) is 0 Å². The van der Waals surface area contributed by atoms with Gasteiger partial charge in [-0.25, -0.2) is 18.6 Å². The number of nitrogen functional groups attached to an aromatic ring is 1. The SMILES string of the molecule is CC(C)(C)OC(=O)N[C@@H](Cc1cc(F)cc(F)c1)c1nc(Br)c(N)cc1Br. The van der Waals surface area contributed by atoms with E-state index in [0.717, 1.165) is 6.07 Å². The summed E-state index contributed by atoms with van der Waals surface area (Å²) in [6.45, 7) is 5.20. The number of aromatic nitrogens is 1. The number of nitrogens with two attached hydrogens (primary N) is 1. The monoisotopic (exact) mass is 505 g/mol. The number of halogens is 4. The molecule has 2 aromatic rings. The molecule has 146 valence electrons. The molecule has 5 nitrogen and oxygen atoms in total. The van der Waals surface area contributed by atoms with Crippen molar-refractivity contribution >= 4 is 43.6 Å². The smallest absolute Gasteiger partial charge is 0.408 e. The maximum Gasteiger partial charge on any atom is 0.408 e. The van der Waals surface area contributed by atoms with Gasteiger partial charge in [-0.05, 0) is 82.8 Å². The average Bonchev–Trinajstić information content (AvgIpc) is 2.47. The lowest BCUT2D eigenvalue weighted by Crippen LogP contribution is -2.36. The van der Waals surface area contributed by atoms with Crippen LogP contribution in [-0.4, -0.2) is 16.7 Å². The summed E-state index contributed by atoms with van der Waals surface area (Å²) in [6.07, 6.45) is -0.582. The van der Waals surface area contributed by atoms with Crippen molar-refractivity contribution in [3.63, 3.8) is 0 Å². The number of carbonyl (C=O) groups is 1. The summed E-state index contributed by atoms with van der Waals surface area (Å²) in [5.74, 6) is -1.40. The lowest BCUT2D eigenvalue weighted by Gasteiger charge is -2.24. The molecular weight excluding hydrogens is 488 g/mol. The lowest BCUT2D eigenvalue weighted by atomic mass is 10.0. The van der Waals surface area contributed by atoms with Crippen molar-refractivity contribution in [2.45, 2.75) is 38.8 Å². The number of nitrogens with zero attached hydrogens (tertiary/aromatic N) is 1. The zero-order chi connectivity index (χ0) is 20.4. The first-order valence-corrected chi connectivity index (χ1v) is 9.59. The molecule has 0 fully saturated rings. The molecule has 27 heavy (non-hydrogen) atoms. The van der Waals surface area contributed by atoms with Gasteiger partial charge in [0.15, 0.2) is 0 Å². The number of alkyl carbamates (subject to hydrolysis) is 1. The van der Waals surface area contributed by atoms with Gasteiger partial charge in [0.1, 0.15) is 21.8 Å². The van der Waals surface area contributed by atoms with Gasteiger partial charge >= 0.3 is 6.09 Å². The third-order valence-corrected chi connectivity index (χ3v) is 4.64. The minimum Gasteiger partial charge on any atom is -0.444 e. The van der Waals surface area contributed by atoms with Crippen LogP contribution in [0.5, 0.6) is 0 Å². The Morgan fingerprint density at radius 3 is 2.37 bits per heavy atom. The summed E-state index contributed by atoms with van der Waals surface area (Å²) in [6, 6.07) is 4.10. The lowest BCUT2D eigenvalue weighted by molar-refractivity contribution is 0.0502. The second-order valence-electron chi connectivity index (χ2n) is 6.92. The third kappa shape index (κ3) is 6.42. The first kappa shape index (κ1) is 21.6. The van der Waals surface area contributed by atoms with Gasteiger partial charge in [0.05, 0.1) is 17.4 Å². The summed E-state index contributed by atoms with van der Waals surface area (Å²) in [5, 5.41) is 2.70. The second-order valence-corrected chi connectivity index (χ2v) is 8.52. The van der Waals surface area contributed by atoms with Crippen LogP contribution in [0.1, 0.15) is 38.1 Å². The van der Waals surface area contributed by atoms with Crippen molar-refractivity contribution in [3.8, 4) is 0 Å². The standard InChI is InChI=1S/C18H19Br2F2N3O2/c1-18(2,3)27-17(26)24-14(6-9-4-10(21)7-11(22)5-9)15-12(19)8-13(23)16(20)25-15/h4-5,7-8,14H,6,23H2,1-3H3,(H,24,26)/t14-/m0/s1. The van der Waals surface area contributed by atoms with Gasteiger partial charge in [-0.1, -0.05) is 0 Å². The number of nitrogens with one attached hydrogen (secondary N) is 1. The van der Waals surface area contributed by atoms with Crippen LogP contribution in [0.2, 0.25) is 0 Å². The molecule has 2 rings (SSSR count). The highest BCUT2D eigenvalue weighted by Gasteiger charge is 2.24. The van der Waals surface area contributed by atoms with Crippen LogP contribution in [0.4, 0.5) is 19.3 Å². The number of hydrogen-bond donors (Lipinski definition) is 2. The molecule has 0 aliphatic heterocycles. The van der Waals surface area contributed by atoms with Crippen LogP contribution in [0.15, 0.2) is 33.3 Å². The fourth-order valence-corrected chi connectivity index (χ4v) is 3.29. The Balaban J connectivity index is 2.39. The fourth-order valence-electron chi connectivity index (χ4n) is 2.37. The largest absolute Gasteiger partial charge is 0.444 e. The Labute approximate surface area is 172 Å². The van der Waals surface area contributed by atoms with Gasteiger partial charge in [-0.3, -0.25) is 0 Å². The van der Waals surface area contributed by atoms with Gasteiger partial charge in [0, 0.05) is 10.5 Å². The molecule has 1 aromatic heterocycles. The van der Waals surface area contributed by atoms with Gasteiger partial charge in [0.2, 0.25) is 0 Å². The molecule has 1 atom stereocenters. The summed E-state index contributed by atoms with van der Waals surface area (Å²) in [4.78, 5) is 16.6. The number of pyridine rings is 1. The van der Waals surface area contributed by atoms with Crippen LogP contribution >= 0.6 is 31.9 Å². The Morgan fingerprint density at radius 2 is 1.81 bits per heavy atom. The number of amides is 1. The highest BCUT2D eigenvalue weighted by molar-refractivity contribution is 9.11. The second kappa shape index (κ2) is 8.52. The van der Waals surface area contributed by atoms with Crippen LogP contribution in [-0.2, 0) is 11.2 Å². The Kier molecular flexibility index (Phi) is 6.80. The molecule has 1 amide bonds. The number of rotatable bonds is 4. The molecule has 0 spiro atoms. The van der Waals surface area contributed by atoms with E-state index in [0.29, 0.717) is 26.0 Å². The van der Waals surface area contributed by atoms with E-state index in [4.69, 9.17) is 10.5 Å². The number of carbonyl (C=O) groups excluding carboxylic acids is 1. The van der Waals surface area contributed by atoms with E-state index in [2.05, 4.69) is 42.2 Å². The molecule has 3 N–H and O–H groups in total. The molecule has 1 aromatic carbocycles. The maximum atomic E-state index is 13.6. The van der Waals surface area contributed by atoms with Crippen molar-refractivity contribution in [3.05, 3.63) is 56.2 Å². The molecule has 0 radical (unpaired) electrons. The molecule has 0 saturated carbocycles. The first-order chi connectivity index (χ1) is 12.4. The van der Waals surface area contributed by atoms with Gasteiger partial charge < -0.3 is 15.8 Å². The summed E-state index contributed by atoms with van der Waals surface area (Å²) in [7, 11) is 0. The normalized spacial score (nSPS) is 12.6. The predicted molar refractivity (Wildman–Crippen MR) is 106 cm³/mol. The van der Waals surface area contributed by atoms with E-state index in [1.165, 1.54) is 12.1 Å². The Bertz CT molecular complexity index is 837. The highest BCUT2D eigenvalue weighted by Crippen LogP contribution is 2.30. The summed E-state index contributed by atoms with van der Waals surface area (Å²) < 4.78 is 33.3. The van der Waals surface area contributed by atoms with Crippen LogP contribution < -0.4 is 11.1 Å². The van der Waals surface area contributed by atoms with Gasteiger partial charge in [0.25, 0.3) is 0 Å². The minimum absolute atomic E-state index is 0.0931.